The number of rotatable bonds is 0. The van der Waals surface area contributed by atoms with Crippen LogP contribution in [0.15, 0.2) is 12.3 Å². The molecule has 0 heterocycles. The van der Waals surface area contributed by atoms with Crippen molar-refractivity contribution in [3.63, 3.8) is 0 Å². The molecule has 0 aliphatic rings. The van der Waals surface area contributed by atoms with Crippen molar-refractivity contribution in [2.45, 2.75) is 6.92 Å². The van der Waals surface area contributed by atoms with Crippen LogP contribution in [0, 0.1) is 0 Å². The molecule has 0 atom stereocenters. The fourth-order valence-corrected chi connectivity index (χ4v) is 0. The predicted molar refractivity (Wildman–Crippen MR) is 26.9 cm³/mol. The second-order valence-corrected chi connectivity index (χ2v) is 2.17. The molecule has 11 heavy (non-hydrogen) atoms. The summed E-state index contributed by atoms with van der Waals surface area (Å²) in [5, 5.41) is 9.33. The van der Waals surface area contributed by atoms with E-state index in [-0.39, 0.29) is 109 Å². The molecular weight excluding hydrogens is 225 g/mol. The van der Waals surface area contributed by atoms with Crippen LogP contribution in [0.2, 0.25) is 0 Å². The maximum Gasteiger partial charge on any atom is 1.00 e. The monoisotopic (exact) mass is 232 g/mol. The third kappa shape index (κ3) is 180. The molecule has 0 aromatic carbocycles. The summed E-state index contributed by atoms with van der Waals surface area (Å²) in [5.41, 5.74) is 0. The van der Waals surface area contributed by atoms with Gasteiger partial charge in [-0.3, -0.25) is 4.57 Å². The van der Waals surface area contributed by atoms with Gasteiger partial charge in [0.25, 0.3) is 7.82 Å². The third-order valence-corrected chi connectivity index (χ3v) is 0. The van der Waals surface area contributed by atoms with Gasteiger partial charge in [0, 0.05) is 0 Å². The van der Waals surface area contributed by atoms with E-state index in [1.54, 1.807) is 0 Å². The van der Waals surface area contributed by atoms with Crippen LogP contribution < -0.4 is 113 Å². The summed E-state index contributed by atoms with van der Waals surface area (Å²) in [5.74, 6) is -0.0833. The summed E-state index contributed by atoms with van der Waals surface area (Å²) in [6.07, 6.45) is 0. The van der Waals surface area contributed by atoms with E-state index in [9.17, 15) is 5.11 Å². The Labute approximate surface area is 150 Å². The quantitative estimate of drug-likeness (QED) is 0.245. The molecule has 0 fully saturated rings. The molecule has 5 nitrogen and oxygen atoms in total. The first kappa shape index (κ1) is 23.6. The Balaban J connectivity index is -0.0000000383. The minimum atomic E-state index is -4.89. The topological polar surface area (TPSA) is 104 Å². The number of hydrogen-bond acceptors (Lipinski definition) is 3. The Morgan fingerprint density at radius 1 is 1.45 bits per heavy atom. The molecule has 0 aromatic heterocycles. The molecule has 0 rings (SSSR count). The summed E-state index contributed by atoms with van der Waals surface area (Å²) >= 11 is 0. The molecule has 56 valence electrons. The van der Waals surface area contributed by atoms with Crippen molar-refractivity contribution in [1.29, 1.82) is 0 Å². The zero-order valence-corrected chi connectivity index (χ0v) is 13.9. The van der Waals surface area contributed by atoms with Gasteiger partial charge in [0.05, 0.1) is 0 Å². The first-order chi connectivity index (χ1) is 3.73. The Morgan fingerprint density at radius 3 is 1.45 bits per heavy atom. The van der Waals surface area contributed by atoms with Crippen molar-refractivity contribution in [2.24, 2.45) is 0 Å². The summed E-state index contributed by atoms with van der Waals surface area (Å²) < 4.78 is 8.77. The van der Waals surface area contributed by atoms with Crippen LogP contribution >= 0.6 is 7.82 Å². The van der Waals surface area contributed by atoms with Crippen molar-refractivity contribution in [2.75, 3.05) is 0 Å². The number of hydrogen-bond donors (Lipinski definition) is 2. The molecule has 0 bridgehead atoms. The summed E-state index contributed by atoms with van der Waals surface area (Å²) in [6.45, 7) is 4.42. The largest absolute Gasteiger partial charge is 1.00 e. The van der Waals surface area contributed by atoms with E-state index in [0.717, 1.165) is 0 Å². The molecule has 0 spiro atoms. The normalized spacial score (nSPS) is 7.64. The molecule has 0 unspecified atom stereocenters. The Kier molecular flexibility index (Phi) is 27.7. The molecule has 0 saturated heterocycles. The maximum atomic E-state index is 9.33. The predicted octanol–water partition coefficient (Wildman–Crippen LogP) is -7.67. The van der Waals surface area contributed by atoms with Gasteiger partial charge in [0.1, 0.15) is 0 Å². The van der Waals surface area contributed by atoms with Crippen molar-refractivity contribution in [3.8, 4) is 0 Å². The zero-order valence-electron chi connectivity index (χ0n) is 6.77. The minimum Gasteiger partial charge on any atom is -0.876 e. The van der Waals surface area contributed by atoms with Gasteiger partial charge >= 0.3 is 103 Å². The van der Waals surface area contributed by atoms with E-state index in [1.807, 2.05) is 0 Å². The van der Waals surface area contributed by atoms with Gasteiger partial charge in [-0.15, -0.1) is 12.3 Å². The average Bonchev–Trinajstić information content (AvgIpc) is 1.19. The number of allylic oxidation sites excluding steroid dienone is 1. The molecule has 0 amide bonds. The van der Waals surface area contributed by atoms with E-state index < -0.39 is 7.82 Å². The Bertz CT molecular complexity index is 119. The van der Waals surface area contributed by atoms with Gasteiger partial charge in [0.2, 0.25) is 0 Å². The Morgan fingerprint density at radius 2 is 1.45 bits per heavy atom. The van der Waals surface area contributed by atoms with Crippen LogP contribution in [0.1, 0.15) is 6.92 Å². The van der Waals surface area contributed by atoms with Crippen molar-refractivity contribution in [3.05, 3.63) is 12.3 Å². The Hall–Kier alpha value is 2.92. The molecule has 0 aliphatic heterocycles. The van der Waals surface area contributed by atoms with Crippen LogP contribution in [0.5, 0.6) is 0 Å². The standard InChI is InChI=1S/C3H6O.2K.H3O4P/c1-3(2)4;;;1-5(2,3)4/h4H,1H2,2H3;;;(H3,1,2,3,4)/q;2*+1;/p-2. The van der Waals surface area contributed by atoms with Crippen molar-refractivity contribution < 1.29 is 127 Å². The van der Waals surface area contributed by atoms with Crippen LogP contribution in [-0.4, -0.2) is 9.79 Å². The second-order valence-electron chi connectivity index (χ2n) is 1.19. The van der Waals surface area contributed by atoms with Gasteiger partial charge in [-0.2, -0.15) is 0 Å². The summed E-state index contributed by atoms with van der Waals surface area (Å²) in [4.78, 5) is 22.9. The zero-order chi connectivity index (χ0) is 8.08. The fraction of sp³-hybridized carbons (Fsp3) is 0.333. The van der Waals surface area contributed by atoms with E-state index in [2.05, 4.69) is 6.58 Å². The van der Waals surface area contributed by atoms with Crippen LogP contribution in [0.3, 0.4) is 0 Å². The van der Waals surface area contributed by atoms with Gasteiger partial charge in [-0.25, -0.2) is 0 Å². The summed E-state index contributed by atoms with van der Waals surface area (Å²) in [7, 11) is -4.89. The molecule has 0 saturated carbocycles. The van der Waals surface area contributed by atoms with Crippen molar-refractivity contribution in [1.82, 2.24) is 0 Å². The number of phosphoric acid groups is 1. The average molecular weight is 232 g/mol. The van der Waals surface area contributed by atoms with Gasteiger partial charge in [-0.05, 0) is 0 Å². The van der Waals surface area contributed by atoms with Crippen LogP contribution in [0.4, 0.5) is 0 Å². The summed E-state index contributed by atoms with van der Waals surface area (Å²) in [6, 6.07) is 0. The first-order valence-electron chi connectivity index (χ1n) is 1.82. The van der Waals surface area contributed by atoms with Gasteiger partial charge in [-0.1, -0.05) is 6.92 Å². The minimum absolute atomic E-state index is 0. The second kappa shape index (κ2) is 12.9. The smallest absolute Gasteiger partial charge is 0.876 e. The maximum absolute atomic E-state index is 9.33. The van der Waals surface area contributed by atoms with Gasteiger partial charge < -0.3 is 19.8 Å². The molecular formula is C3H7K2O5P. The molecule has 0 aliphatic carbocycles. The third-order valence-electron chi connectivity index (χ3n) is 0. The SMILES string of the molecule is C=C(C)[O-].O=P([O-])(O)O.[K+].[K+]. The molecule has 8 heteroatoms. The van der Waals surface area contributed by atoms with Crippen LogP contribution in [0.25, 0.3) is 0 Å². The van der Waals surface area contributed by atoms with E-state index in [1.165, 1.54) is 6.92 Å². The van der Waals surface area contributed by atoms with Gasteiger partial charge in [0.15, 0.2) is 0 Å². The molecule has 2 N–H and O–H groups in total. The first-order valence-corrected chi connectivity index (χ1v) is 3.35. The fourth-order valence-electron chi connectivity index (χ4n) is 0. The van der Waals surface area contributed by atoms with Crippen LogP contribution in [-0.2, 0) is 4.57 Å². The molecule has 0 aromatic rings. The van der Waals surface area contributed by atoms with E-state index in [0.29, 0.717) is 0 Å². The molecule has 0 radical (unpaired) electrons. The van der Waals surface area contributed by atoms with E-state index in [4.69, 9.17) is 19.2 Å². The van der Waals surface area contributed by atoms with E-state index >= 15 is 0 Å². The van der Waals surface area contributed by atoms with Crippen molar-refractivity contribution >= 4 is 7.82 Å².